The van der Waals surface area contributed by atoms with Crippen LogP contribution in [-0.2, 0) is 14.8 Å². The van der Waals surface area contributed by atoms with Gasteiger partial charge in [-0.05, 0) is 49.2 Å². The van der Waals surface area contributed by atoms with E-state index < -0.39 is 16.1 Å². The van der Waals surface area contributed by atoms with Gasteiger partial charge >= 0.3 is 0 Å². The lowest BCUT2D eigenvalue weighted by atomic mass is 10.2. The van der Waals surface area contributed by atoms with Gasteiger partial charge in [0.25, 0.3) is 0 Å². The predicted molar refractivity (Wildman–Crippen MR) is 110 cm³/mol. The number of rotatable bonds is 5. The van der Waals surface area contributed by atoms with Crippen LogP contribution in [0.2, 0.25) is 0 Å². The monoisotopic (exact) mass is 411 g/mol. The Hall–Kier alpha value is -2.97. The maximum atomic E-state index is 13.4. The average Bonchev–Trinajstić information content (AvgIpc) is 3.25. The molecule has 0 radical (unpaired) electrons. The summed E-state index contributed by atoms with van der Waals surface area (Å²) < 4.78 is 33.2. The highest BCUT2D eigenvalue weighted by molar-refractivity contribution is 7.89. The normalized spacial score (nSPS) is 17.3. The van der Waals surface area contributed by atoms with Crippen LogP contribution in [0.4, 0.5) is 5.69 Å². The van der Waals surface area contributed by atoms with Crippen LogP contribution in [0.25, 0.3) is 10.9 Å². The van der Waals surface area contributed by atoms with E-state index in [1.54, 1.807) is 55.8 Å². The average molecular weight is 411 g/mol. The first-order valence-corrected chi connectivity index (χ1v) is 10.8. The number of pyridine rings is 1. The first-order chi connectivity index (χ1) is 14.0. The van der Waals surface area contributed by atoms with E-state index >= 15 is 0 Å². The number of carbonyl (C=O) groups excluding carboxylic acids is 1. The highest BCUT2D eigenvalue weighted by Crippen LogP contribution is 2.30. The molecule has 3 aromatic rings. The van der Waals surface area contributed by atoms with Crippen molar-refractivity contribution in [3.63, 3.8) is 0 Å². The molecule has 1 aliphatic heterocycles. The van der Waals surface area contributed by atoms with Gasteiger partial charge in [-0.2, -0.15) is 4.31 Å². The number of nitrogens with one attached hydrogen (secondary N) is 1. The number of nitrogens with zero attached hydrogens (tertiary/aromatic N) is 2. The molecule has 4 rings (SSSR count). The Morgan fingerprint density at radius 3 is 2.66 bits per heavy atom. The van der Waals surface area contributed by atoms with Crippen LogP contribution in [0.1, 0.15) is 12.8 Å². The second kappa shape index (κ2) is 7.81. The summed E-state index contributed by atoms with van der Waals surface area (Å²) in [5.74, 6) is 0.334. The molecular formula is C21H21N3O4S. The van der Waals surface area contributed by atoms with Crippen molar-refractivity contribution in [3.8, 4) is 5.75 Å². The summed E-state index contributed by atoms with van der Waals surface area (Å²) in [6.07, 6.45) is 2.66. The highest BCUT2D eigenvalue weighted by Gasteiger charge is 2.40. The van der Waals surface area contributed by atoms with Crippen LogP contribution in [0.5, 0.6) is 5.75 Å². The molecular weight excluding hydrogens is 390 g/mol. The molecule has 1 amide bonds. The Morgan fingerprint density at radius 1 is 1.14 bits per heavy atom. The van der Waals surface area contributed by atoms with Crippen molar-refractivity contribution >= 4 is 32.5 Å². The number of aromatic nitrogens is 1. The van der Waals surface area contributed by atoms with Crippen molar-refractivity contribution < 1.29 is 17.9 Å². The van der Waals surface area contributed by atoms with E-state index in [1.165, 1.54) is 4.31 Å². The number of carbonyl (C=O) groups is 1. The second-order valence-electron chi connectivity index (χ2n) is 6.82. The first kappa shape index (κ1) is 19.4. The van der Waals surface area contributed by atoms with Crippen LogP contribution >= 0.6 is 0 Å². The molecule has 2 heterocycles. The topological polar surface area (TPSA) is 88.6 Å². The van der Waals surface area contributed by atoms with Gasteiger partial charge in [0.05, 0.1) is 12.6 Å². The lowest BCUT2D eigenvalue weighted by molar-refractivity contribution is -0.119. The van der Waals surface area contributed by atoms with Gasteiger partial charge in [0, 0.05) is 23.8 Å². The van der Waals surface area contributed by atoms with Gasteiger partial charge in [-0.15, -0.1) is 0 Å². The summed E-state index contributed by atoms with van der Waals surface area (Å²) in [6, 6.07) is 14.8. The molecule has 29 heavy (non-hydrogen) atoms. The van der Waals surface area contributed by atoms with Crippen molar-refractivity contribution in [3.05, 3.63) is 60.8 Å². The quantitative estimate of drug-likeness (QED) is 0.697. The number of benzene rings is 2. The van der Waals surface area contributed by atoms with Gasteiger partial charge in [0.15, 0.2) is 0 Å². The van der Waals surface area contributed by atoms with Crippen molar-refractivity contribution in [2.45, 2.75) is 23.8 Å². The standard InChI is InChI=1S/C21H21N3O4S/c1-28-17-11-9-16(10-12-17)23-21(25)18-7-4-14-24(18)29(26,27)19-8-2-5-15-6-3-13-22-20(15)19/h2-3,5-6,8-13,18H,4,7,14H2,1H3,(H,23,25)/t18-/m0/s1. The summed E-state index contributed by atoms with van der Waals surface area (Å²) in [5, 5.41) is 3.55. The predicted octanol–water partition coefficient (Wildman–Crippen LogP) is 3.04. The summed E-state index contributed by atoms with van der Waals surface area (Å²) >= 11 is 0. The third-order valence-corrected chi connectivity index (χ3v) is 6.99. The molecule has 1 atom stereocenters. The van der Waals surface area contributed by atoms with Gasteiger partial charge in [0.2, 0.25) is 15.9 Å². The molecule has 150 valence electrons. The largest absolute Gasteiger partial charge is 0.497 e. The smallest absolute Gasteiger partial charge is 0.245 e. The lowest BCUT2D eigenvalue weighted by Crippen LogP contribution is -2.43. The molecule has 1 saturated heterocycles. The van der Waals surface area contributed by atoms with Gasteiger partial charge in [-0.1, -0.05) is 18.2 Å². The maximum Gasteiger partial charge on any atom is 0.245 e. The SMILES string of the molecule is COc1ccc(NC(=O)[C@@H]2CCCN2S(=O)(=O)c2cccc3cccnc23)cc1. The Morgan fingerprint density at radius 2 is 1.90 bits per heavy atom. The zero-order valence-electron chi connectivity index (χ0n) is 15.9. The second-order valence-corrected chi connectivity index (χ2v) is 8.68. The van der Waals surface area contributed by atoms with Gasteiger partial charge in [-0.3, -0.25) is 9.78 Å². The minimum absolute atomic E-state index is 0.125. The summed E-state index contributed by atoms with van der Waals surface area (Å²) in [4.78, 5) is 17.2. The molecule has 2 aromatic carbocycles. The zero-order chi connectivity index (χ0) is 20.4. The van der Waals surface area contributed by atoms with Crippen LogP contribution < -0.4 is 10.1 Å². The molecule has 0 aliphatic carbocycles. The lowest BCUT2D eigenvalue weighted by Gasteiger charge is -2.24. The number of anilines is 1. The van der Waals surface area contributed by atoms with E-state index in [0.29, 0.717) is 36.3 Å². The van der Waals surface area contributed by atoms with Crippen molar-refractivity contribution in [2.75, 3.05) is 19.0 Å². The number of ether oxygens (including phenoxy) is 1. The molecule has 1 aliphatic rings. The number of methoxy groups -OCH3 is 1. The van der Waals surface area contributed by atoms with Gasteiger partial charge < -0.3 is 10.1 Å². The maximum absolute atomic E-state index is 13.4. The molecule has 0 unspecified atom stereocenters. The molecule has 1 N–H and O–H groups in total. The number of sulfonamides is 1. The summed E-state index contributed by atoms with van der Waals surface area (Å²) in [7, 11) is -2.31. The number of amides is 1. The summed E-state index contributed by atoms with van der Waals surface area (Å²) in [5.41, 5.74) is 1.00. The Bertz CT molecular complexity index is 1140. The third-order valence-electron chi connectivity index (χ3n) is 5.05. The Labute approximate surface area is 169 Å². The number of hydrogen-bond acceptors (Lipinski definition) is 5. The Balaban J connectivity index is 1.62. The summed E-state index contributed by atoms with van der Waals surface area (Å²) in [6.45, 7) is 0.298. The van der Waals surface area contributed by atoms with Gasteiger partial charge in [0.1, 0.15) is 16.7 Å². The van der Waals surface area contributed by atoms with E-state index in [-0.39, 0.29) is 10.8 Å². The number of para-hydroxylation sites is 1. The first-order valence-electron chi connectivity index (χ1n) is 9.31. The van der Waals surface area contributed by atoms with E-state index in [9.17, 15) is 13.2 Å². The van der Waals surface area contributed by atoms with Crippen molar-refractivity contribution in [2.24, 2.45) is 0 Å². The Kier molecular flexibility index (Phi) is 5.21. The molecule has 0 bridgehead atoms. The zero-order valence-corrected chi connectivity index (χ0v) is 16.7. The van der Waals surface area contributed by atoms with E-state index in [4.69, 9.17) is 4.74 Å². The minimum atomic E-state index is -3.87. The molecule has 0 saturated carbocycles. The number of hydrogen-bond donors (Lipinski definition) is 1. The third kappa shape index (κ3) is 3.68. The van der Waals surface area contributed by atoms with E-state index in [2.05, 4.69) is 10.3 Å². The van der Waals surface area contributed by atoms with Crippen molar-refractivity contribution in [1.29, 1.82) is 0 Å². The molecule has 0 spiro atoms. The van der Waals surface area contributed by atoms with E-state index in [1.807, 2.05) is 12.1 Å². The van der Waals surface area contributed by atoms with Crippen molar-refractivity contribution in [1.82, 2.24) is 9.29 Å². The fraction of sp³-hybridized carbons (Fsp3) is 0.238. The van der Waals surface area contributed by atoms with Crippen LogP contribution in [0.15, 0.2) is 65.7 Å². The minimum Gasteiger partial charge on any atom is -0.497 e. The highest BCUT2D eigenvalue weighted by atomic mass is 32.2. The van der Waals surface area contributed by atoms with Gasteiger partial charge in [-0.25, -0.2) is 8.42 Å². The molecule has 8 heteroatoms. The molecule has 1 aromatic heterocycles. The van der Waals surface area contributed by atoms with Crippen LogP contribution in [0, 0.1) is 0 Å². The molecule has 7 nitrogen and oxygen atoms in total. The number of fused-ring (bicyclic) bond motifs is 1. The van der Waals surface area contributed by atoms with Crippen LogP contribution in [0.3, 0.4) is 0 Å². The van der Waals surface area contributed by atoms with E-state index in [0.717, 1.165) is 5.39 Å². The fourth-order valence-corrected chi connectivity index (χ4v) is 5.42. The molecule has 1 fully saturated rings. The fourth-order valence-electron chi connectivity index (χ4n) is 3.60. The van der Waals surface area contributed by atoms with Crippen LogP contribution in [-0.4, -0.2) is 43.3 Å².